The van der Waals surface area contributed by atoms with Gasteiger partial charge in [0.2, 0.25) is 5.91 Å². The molecule has 0 radical (unpaired) electrons. The normalized spacial score (nSPS) is 17.8. The van der Waals surface area contributed by atoms with Crippen molar-refractivity contribution in [3.8, 4) is 0 Å². The van der Waals surface area contributed by atoms with Crippen molar-refractivity contribution < 1.29 is 14.5 Å². The third-order valence-electron chi connectivity index (χ3n) is 5.85. The second kappa shape index (κ2) is 8.56. The van der Waals surface area contributed by atoms with Gasteiger partial charge in [0.1, 0.15) is 6.54 Å². The Morgan fingerprint density at radius 3 is 2.59 bits per heavy atom. The second-order valence-corrected chi connectivity index (χ2v) is 8.43. The standard InChI is InChI=1S/C23H26ClN3O2/c1-17-4-2-5-18(14-17)16-25-10-12-26(13-11-25)23(29)19-7-8-20(24)21(15-19)27-9-3-6-22(27)28/h2,4-5,7-8,14-15H,3,6,9-13,16H2,1H3/p+1. The quantitative estimate of drug-likeness (QED) is 0.837. The number of hydrogen-bond acceptors (Lipinski definition) is 2. The van der Waals surface area contributed by atoms with Crippen LogP contribution < -0.4 is 9.80 Å². The Balaban J connectivity index is 1.40. The number of nitrogens with zero attached hydrogens (tertiary/aromatic N) is 2. The van der Waals surface area contributed by atoms with E-state index in [2.05, 4.69) is 31.2 Å². The number of benzene rings is 2. The number of quaternary nitrogens is 1. The zero-order chi connectivity index (χ0) is 20.4. The van der Waals surface area contributed by atoms with Crippen molar-refractivity contribution in [3.05, 3.63) is 64.2 Å². The number of amides is 2. The fraction of sp³-hybridized carbons (Fsp3) is 0.391. The molecular formula is C23H27ClN3O2+. The fourth-order valence-electron chi connectivity index (χ4n) is 4.25. The lowest BCUT2D eigenvalue weighted by Crippen LogP contribution is -3.13. The minimum atomic E-state index is 0.0177. The zero-order valence-corrected chi connectivity index (χ0v) is 17.5. The minimum Gasteiger partial charge on any atom is -0.328 e. The molecule has 0 atom stereocenters. The maximum atomic E-state index is 13.0. The highest BCUT2D eigenvalue weighted by Gasteiger charge is 2.27. The van der Waals surface area contributed by atoms with Gasteiger partial charge in [-0.05, 0) is 31.5 Å². The molecule has 2 aliphatic rings. The average Bonchev–Trinajstić information content (AvgIpc) is 3.14. The van der Waals surface area contributed by atoms with Crippen LogP contribution in [-0.2, 0) is 11.3 Å². The number of anilines is 1. The summed E-state index contributed by atoms with van der Waals surface area (Å²) in [6.07, 6.45) is 1.37. The van der Waals surface area contributed by atoms with E-state index in [4.69, 9.17) is 11.6 Å². The Kier molecular flexibility index (Phi) is 5.88. The number of piperazine rings is 1. The number of nitrogens with one attached hydrogen (secondary N) is 1. The number of halogens is 1. The topological polar surface area (TPSA) is 45.1 Å². The summed E-state index contributed by atoms with van der Waals surface area (Å²) in [6, 6.07) is 13.9. The molecule has 1 N–H and O–H groups in total. The van der Waals surface area contributed by atoms with Crippen molar-refractivity contribution >= 4 is 29.1 Å². The molecule has 152 valence electrons. The van der Waals surface area contributed by atoms with Gasteiger partial charge in [-0.2, -0.15) is 0 Å². The van der Waals surface area contributed by atoms with E-state index < -0.39 is 0 Å². The van der Waals surface area contributed by atoms with Crippen molar-refractivity contribution in [1.82, 2.24) is 4.90 Å². The van der Waals surface area contributed by atoms with Crippen LogP contribution in [-0.4, -0.2) is 49.4 Å². The van der Waals surface area contributed by atoms with Crippen molar-refractivity contribution in [2.45, 2.75) is 26.3 Å². The number of aryl methyl sites for hydroxylation is 1. The summed E-state index contributed by atoms with van der Waals surface area (Å²) >= 11 is 6.32. The molecule has 0 aromatic heterocycles. The molecule has 0 saturated carbocycles. The van der Waals surface area contributed by atoms with E-state index in [9.17, 15) is 9.59 Å². The van der Waals surface area contributed by atoms with Crippen LogP contribution in [0.2, 0.25) is 5.02 Å². The van der Waals surface area contributed by atoms with Crippen LogP contribution in [0.5, 0.6) is 0 Å². The van der Waals surface area contributed by atoms with Crippen LogP contribution in [0.1, 0.15) is 34.3 Å². The molecule has 0 spiro atoms. The third kappa shape index (κ3) is 4.46. The predicted molar refractivity (Wildman–Crippen MR) is 115 cm³/mol. The van der Waals surface area contributed by atoms with Crippen molar-refractivity contribution in [2.24, 2.45) is 0 Å². The van der Waals surface area contributed by atoms with Crippen molar-refractivity contribution in [2.75, 3.05) is 37.6 Å². The van der Waals surface area contributed by atoms with E-state index in [1.54, 1.807) is 23.1 Å². The first-order valence-corrected chi connectivity index (χ1v) is 10.7. The summed E-state index contributed by atoms with van der Waals surface area (Å²) in [4.78, 5) is 30.2. The molecule has 2 fully saturated rings. The molecule has 6 heteroatoms. The molecule has 2 aromatic rings. The van der Waals surface area contributed by atoms with E-state index in [0.29, 0.717) is 29.2 Å². The lowest BCUT2D eigenvalue weighted by Gasteiger charge is -2.32. The molecule has 29 heavy (non-hydrogen) atoms. The summed E-state index contributed by atoms with van der Waals surface area (Å²) < 4.78 is 0. The Bertz CT molecular complexity index is 922. The third-order valence-corrected chi connectivity index (χ3v) is 6.17. The lowest BCUT2D eigenvalue weighted by atomic mass is 10.1. The van der Waals surface area contributed by atoms with E-state index in [1.807, 2.05) is 4.90 Å². The monoisotopic (exact) mass is 412 g/mol. The van der Waals surface area contributed by atoms with Crippen LogP contribution in [0.4, 0.5) is 5.69 Å². The van der Waals surface area contributed by atoms with E-state index >= 15 is 0 Å². The Morgan fingerprint density at radius 1 is 1.10 bits per heavy atom. The lowest BCUT2D eigenvalue weighted by molar-refractivity contribution is -0.917. The molecule has 4 rings (SSSR count). The Labute approximate surface area is 176 Å². The van der Waals surface area contributed by atoms with Crippen LogP contribution in [0.15, 0.2) is 42.5 Å². The van der Waals surface area contributed by atoms with Crippen LogP contribution in [0.3, 0.4) is 0 Å². The minimum absolute atomic E-state index is 0.0177. The van der Waals surface area contributed by atoms with Gasteiger partial charge in [0.05, 0.1) is 36.9 Å². The van der Waals surface area contributed by atoms with Gasteiger partial charge in [-0.3, -0.25) is 9.59 Å². The summed E-state index contributed by atoms with van der Waals surface area (Å²) in [5, 5.41) is 0.518. The number of carbonyl (C=O) groups excluding carboxylic acids is 2. The Hall–Kier alpha value is -2.37. The first kappa shape index (κ1) is 19.9. The summed E-state index contributed by atoms with van der Waals surface area (Å²) in [6.45, 7) is 7.12. The highest BCUT2D eigenvalue weighted by atomic mass is 35.5. The average molecular weight is 413 g/mol. The second-order valence-electron chi connectivity index (χ2n) is 8.02. The summed E-state index contributed by atoms with van der Waals surface area (Å²) in [5.41, 5.74) is 3.89. The predicted octanol–water partition coefficient (Wildman–Crippen LogP) is 2.32. The molecule has 2 heterocycles. The molecule has 2 aliphatic heterocycles. The molecule has 2 amide bonds. The SMILES string of the molecule is Cc1cccc(C[NH+]2CCN(C(=O)c3ccc(Cl)c(N4CCCC4=O)c3)CC2)c1. The summed E-state index contributed by atoms with van der Waals surface area (Å²) in [7, 11) is 0. The van der Waals surface area contributed by atoms with Crippen molar-refractivity contribution in [3.63, 3.8) is 0 Å². The van der Waals surface area contributed by atoms with Gasteiger partial charge in [0.25, 0.3) is 5.91 Å². The van der Waals surface area contributed by atoms with Crippen LogP contribution >= 0.6 is 11.6 Å². The number of rotatable bonds is 4. The van der Waals surface area contributed by atoms with Gasteiger partial charge < -0.3 is 14.7 Å². The maximum Gasteiger partial charge on any atom is 0.254 e. The van der Waals surface area contributed by atoms with Gasteiger partial charge in [0.15, 0.2) is 0 Å². The molecule has 5 nitrogen and oxygen atoms in total. The van der Waals surface area contributed by atoms with Gasteiger partial charge in [0, 0.05) is 24.1 Å². The van der Waals surface area contributed by atoms with Gasteiger partial charge >= 0.3 is 0 Å². The van der Waals surface area contributed by atoms with Crippen molar-refractivity contribution in [1.29, 1.82) is 0 Å². The first-order chi connectivity index (χ1) is 14.0. The fourth-order valence-corrected chi connectivity index (χ4v) is 4.47. The van der Waals surface area contributed by atoms with Gasteiger partial charge in [-0.15, -0.1) is 0 Å². The smallest absolute Gasteiger partial charge is 0.254 e. The van der Waals surface area contributed by atoms with Crippen LogP contribution in [0, 0.1) is 6.92 Å². The highest BCUT2D eigenvalue weighted by Crippen LogP contribution is 2.30. The van der Waals surface area contributed by atoms with E-state index in [0.717, 1.165) is 39.1 Å². The Morgan fingerprint density at radius 2 is 1.90 bits per heavy atom. The van der Waals surface area contributed by atoms with E-state index in [-0.39, 0.29) is 11.8 Å². The number of carbonyl (C=O) groups is 2. The largest absolute Gasteiger partial charge is 0.328 e. The molecule has 2 aromatic carbocycles. The van der Waals surface area contributed by atoms with Gasteiger partial charge in [-0.1, -0.05) is 41.4 Å². The number of hydrogen-bond donors (Lipinski definition) is 1. The first-order valence-electron chi connectivity index (χ1n) is 10.3. The zero-order valence-electron chi connectivity index (χ0n) is 16.8. The highest BCUT2D eigenvalue weighted by molar-refractivity contribution is 6.34. The van der Waals surface area contributed by atoms with Crippen LogP contribution in [0.25, 0.3) is 0 Å². The van der Waals surface area contributed by atoms with E-state index in [1.165, 1.54) is 16.0 Å². The molecular weight excluding hydrogens is 386 g/mol. The molecule has 0 bridgehead atoms. The van der Waals surface area contributed by atoms with Gasteiger partial charge in [-0.25, -0.2) is 0 Å². The summed E-state index contributed by atoms with van der Waals surface area (Å²) in [5.74, 6) is 0.0917. The molecule has 0 aliphatic carbocycles. The molecule has 2 saturated heterocycles. The maximum absolute atomic E-state index is 13.0. The molecule has 0 unspecified atom stereocenters.